The van der Waals surface area contributed by atoms with Crippen LogP contribution >= 0.6 is 0 Å². The van der Waals surface area contributed by atoms with E-state index in [9.17, 15) is 9.59 Å². The fourth-order valence-corrected chi connectivity index (χ4v) is 3.36. The second-order valence-corrected chi connectivity index (χ2v) is 7.38. The Hall–Kier alpha value is -2.87. The van der Waals surface area contributed by atoms with E-state index in [1.807, 2.05) is 12.1 Å². The molecule has 0 aromatic carbocycles. The first kappa shape index (κ1) is 20.9. The Morgan fingerprint density at radius 1 is 1.31 bits per heavy atom. The number of aryl methyl sites for hydroxylation is 1. The summed E-state index contributed by atoms with van der Waals surface area (Å²) >= 11 is 0. The van der Waals surface area contributed by atoms with Crippen LogP contribution in [-0.2, 0) is 16.0 Å². The summed E-state index contributed by atoms with van der Waals surface area (Å²) in [5.41, 5.74) is 2.96. The van der Waals surface area contributed by atoms with Gasteiger partial charge in [-0.2, -0.15) is 0 Å². The van der Waals surface area contributed by atoms with Crippen molar-refractivity contribution in [1.29, 1.82) is 0 Å². The van der Waals surface area contributed by atoms with Gasteiger partial charge in [-0.05, 0) is 51.0 Å². The molecule has 29 heavy (non-hydrogen) atoms. The molecule has 0 saturated carbocycles. The highest BCUT2D eigenvalue weighted by atomic mass is 16.5. The van der Waals surface area contributed by atoms with Crippen LogP contribution in [0.25, 0.3) is 0 Å². The smallest absolute Gasteiger partial charge is 0.340 e. The van der Waals surface area contributed by atoms with Crippen LogP contribution in [0.2, 0.25) is 0 Å². The van der Waals surface area contributed by atoms with Gasteiger partial charge in [0, 0.05) is 31.5 Å². The van der Waals surface area contributed by atoms with Gasteiger partial charge in [-0.1, -0.05) is 0 Å². The molecule has 0 bridgehead atoms. The summed E-state index contributed by atoms with van der Waals surface area (Å²) in [6.45, 7) is 10.5. The molecule has 1 saturated heterocycles. The minimum atomic E-state index is -0.422. The number of esters is 1. The number of rotatable bonds is 6. The van der Waals surface area contributed by atoms with Crippen molar-refractivity contribution in [3.63, 3.8) is 0 Å². The molecule has 0 spiro atoms. The topological polar surface area (TPSA) is 96.5 Å². The van der Waals surface area contributed by atoms with Gasteiger partial charge in [-0.25, -0.2) is 9.78 Å². The number of aromatic nitrogens is 2. The maximum atomic E-state index is 12.7. The third-order valence-corrected chi connectivity index (χ3v) is 4.81. The summed E-state index contributed by atoms with van der Waals surface area (Å²) in [4.78, 5) is 34.6. The maximum absolute atomic E-state index is 12.7. The van der Waals surface area contributed by atoms with E-state index in [1.165, 1.54) is 0 Å². The second kappa shape index (κ2) is 9.09. The van der Waals surface area contributed by atoms with E-state index in [4.69, 9.17) is 9.47 Å². The number of carbonyl (C=O) groups is 2. The molecule has 2 aromatic heterocycles. The Balaban J connectivity index is 1.68. The minimum absolute atomic E-state index is 0.221. The van der Waals surface area contributed by atoms with Crippen LogP contribution in [0.5, 0.6) is 0 Å². The van der Waals surface area contributed by atoms with Crippen molar-refractivity contribution in [2.24, 2.45) is 0 Å². The monoisotopic (exact) mass is 400 g/mol. The molecule has 1 aliphatic rings. The lowest BCUT2D eigenvalue weighted by Gasteiger charge is -2.28. The number of nitrogens with one attached hydrogen (secondary N) is 2. The van der Waals surface area contributed by atoms with Gasteiger partial charge in [0.05, 0.1) is 24.9 Å². The number of aromatic amines is 1. The van der Waals surface area contributed by atoms with Crippen molar-refractivity contribution in [3.05, 3.63) is 46.4 Å². The number of H-pyrrole nitrogens is 1. The summed E-state index contributed by atoms with van der Waals surface area (Å²) in [5, 5.41) is 2.91. The van der Waals surface area contributed by atoms with Crippen LogP contribution in [0.15, 0.2) is 18.3 Å². The lowest BCUT2D eigenvalue weighted by atomic mass is 10.1. The van der Waals surface area contributed by atoms with Crippen molar-refractivity contribution in [1.82, 2.24) is 15.3 Å². The predicted molar refractivity (Wildman–Crippen MR) is 109 cm³/mol. The van der Waals surface area contributed by atoms with Gasteiger partial charge in [-0.15, -0.1) is 0 Å². The zero-order valence-corrected chi connectivity index (χ0v) is 17.4. The summed E-state index contributed by atoms with van der Waals surface area (Å²) in [5.74, 6) is 0.194. The van der Waals surface area contributed by atoms with Gasteiger partial charge < -0.3 is 24.7 Å². The molecular formula is C21H28N4O4. The molecule has 3 heterocycles. The van der Waals surface area contributed by atoms with Crippen LogP contribution in [0, 0.1) is 13.8 Å². The zero-order valence-electron chi connectivity index (χ0n) is 17.4. The quantitative estimate of drug-likeness (QED) is 0.723. The molecule has 1 amide bonds. The molecule has 156 valence electrons. The van der Waals surface area contributed by atoms with Gasteiger partial charge in [0.25, 0.3) is 5.91 Å². The highest BCUT2D eigenvalue weighted by molar-refractivity contribution is 6.00. The first-order valence-corrected chi connectivity index (χ1v) is 9.82. The van der Waals surface area contributed by atoms with E-state index >= 15 is 0 Å². The van der Waals surface area contributed by atoms with Crippen molar-refractivity contribution < 1.29 is 19.1 Å². The Kier molecular flexibility index (Phi) is 6.53. The minimum Gasteiger partial charge on any atom is -0.459 e. The molecule has 0 atom stereocenters. The number of amides is 1. The summed E-state index contributed by atoms with van der Waals surface area (Å²) in [7, 11) is 0. The third kappa shape index (κ3) is 4.95. The summed E-state index contributed by atoms with van der Waals surface area (Å²) in [6, 6.07) is 3.85. The van der Waals surface area contributed by atoms with E-state index < -0.39 is 5.97 Å². The number of morpholine rings is 1. The third-order valence-electron chi connectivity index (χ3n) is 4.81. The molecule has 8 heteroatoms. The number of hydrogen-bond acceptors (Lipinski definition) is 6. The molecule has 0 aliphatic carbocycles. The SMILES string of the molecule is Cc1[nH]c(C(=O)NCc2ccnc(N3CCOCC3)c2)c(C)c1C(=O)OC(C)C. The van der Waals surface area contributed by atoms with Gasteiger partial charge >= 0.3 is 5.97 Å². The average Bonchev–Trinajstić information content (AvgIpc) is 3.00. The molecule has 1 fully saturated rings. The molecule has 3 rings (SSSR count). The number of nitrogens with zero attached hydrogens (tertiary/aromatic N) is 2. The Bertz CT molecular complexity index is 885. The fourth-order valence-electron chi connectivity index (χ4n) is 3.36. The molecule has 0 unspecified atom stereocenters. The van der Waals surface area contributed by atoms with Crippen molar-refractivity contribution >= 4 is 17.7 Å². The zero-order chi connectivity index (χ0) is 21.0. The number of carbonyl (C=O) groups excluding carboxylic acids is 2. The van der Waals surface area contributed by atoms with Crippen molar-refractivity contribution in [3.8, 4) is 0 Å². The maximum Gasteiger partial charge on any atom is 0.340 e. The number of pyridine rings is 1. The number of hydrogen-bond donors (Lipinski definition) is 2. The van der Waals surface area contributed by atoms with E-state index in [1.54, 1.807) is 33.9 Å². The van der Waals surface area contributed by atoms with Gasteiger partial charge in [0.2, 0.25) is 0 Å². The first-order chi connectivity index (χ1) is 13.9. The lowest BCUT2D eigenvalue weighted by Crippen LogP contribution is -2.36. The van der Waals surface area contributed by atoms with Crippen LogP contribution in [0.4, 0.5) is 5.82 Å². The fraction of sp³-hybridized carbons (Fsp3) is 0.476. The van der Waals surface area contributed by atoms with Crippen molar-refractivity contribution in [2.75, 3.05) is 31.2 Å². The molecule has 1 aliphatic heterocycles. The molecule has 2 N–H and O–H groups in total. The van der Waals surface area contributed by atoms with Crippen LogP contribution in [0.3, 0.4) is 0 Å². The van der Waals surface area contributed by atoms with Crippen LogP contribution in [0.1, 0.15) is 51.5 Å². The van der Waals surface area contributed by atoms with E-state index in [0.29, 0.717) is 42.3 Å². The normalized spacial score (nSPS) is 14.2. The Labute approximate surface area is 170 Å². The van der Waals surface area contributed by atoms with Crippen molar-refractivity contribution in [2.45, 2.75) is 40.3 Å². The van der Waals surface area contributed by atoms with E-state index in [0.717, 1.165) is 24.5 Å². The van der Waals surface area contributed by atoms with Gasteiger partial charge in [0.1, 0.15) is 11.5 Å². The predicted octanol–water partition coefficient (Wildman–Crippen LogP) is 2.36. The van der Waals surface area contributed by atoms with Crippen LogP contribution < -0.4 is 10.2 Å². The number of anilines is 1. The second-order valence-electron chi connectivity index (χ2n) is 7.38. The highest BCUT2D eigenvalue weighted by Crippen LogP contribution is 2.20. The Morgan fingerprint density at radius 2 is 2.03 bits per heavy atom. The van der Waals surface area contributed by atoms with Gasteiger partial charge in [0.15, 0.2) is 0 Å². The molecular weight excluding hydrogens is 372 g/mol. The molecule has 2 aromatic rings. The standard InChI is InChI=1S/C21H28N4O4/c1-13(2)29-21(27)18-14(3)19(24-15(18)4)20(26)23-12-16-5-6-22-17(11-16)25-7-9-28-10-8-25/h5-6,11,13,24H,7-10,12H2,1-4H3,(H,23,26). The number of ether oxygens (including phenoxy) is 2. The first-order valence-electron chi connectivity index (χ1n) is 9.82. The average molecular weight is 400 g/mol. The largest absolute Gasteiger partial charge is 0.459 e. The molecule has 8 nitrogen and oxygen atoms in total. The Morgan fingerprint density at radius 3 is 2.72 bits per heavy atom. The highest BCUT2D eigenvalue weighted by Gasteiger charge is 2.23. The van der Waals surface area contributed by atoms with Crippen LogP contribution in [-0.4, -0.2) is 54.3 Å². The lowest BCUT2D eigenvalue weighted by molar-refractivity contribution is 0.0376. The summed E-state index contributed by atoms with van der Waals surface area (Å²) < 4.78 is 10.7. The molecule has 0 radical (unpaired) electrons. The van der Waals surface area contributed by atoms with E-state index in [-0.39, 0.29) is 12.0 Å². The van der Waals surface area contributed by atoms with Gasteiger partial charge in [-0.3, -0.25) is 4.79 Å². The van der Waals surface area contributed by atoms with E-state index in [2.05, 4.69) is 20.2 Å². The summed E-state index contributed by atoms with van der Waals surface area (Å²) in [6.07, 6.45) is 1.52.